The first-order chi connectivity index (χ1) is 8.33. The van der Waals surface area contributed by atoms with Gasteiger partial charge in [0.05, 0.1) is 6.54 Å². The van der Waals surface area contributed by atoms with Gasteiger partial charge in [-0.05, 0) is 55.8 Å². The Kier molecular flexibility index (Phi) is 2.10. The van der Waals surface area contributed by atoms with Gasteiger partial charge in [0.1, 0.15) is 0 Å². The fraction of sp³-hybridized carbons (Fsp3) is 0.846. The normalized spacial score (nSPS) is 43.2. The molecule has 4 aliphatic carbocycles. The smallest absolute Gasteiger partial charge is 0.230 e. The Morgan fingerprint density at radius 3 is 2.18 bits per heavy atom. The Hall–Kier alpha value is -0.900. The third-order valence-electron chi connectivity index (χ3n) is 5.17. The van der Waals surface area contributed by atoms with Crippen LogP contribution in [0.15, 0.2) is 4.42 Å². The van der Waals surface area contributed by atoms with E-state index >= 15 is 0 Å². The molecular weight excluding hydrogens is 214 g/mol. The first kappa shape index (κ1) is 10.1. The fourth-order valence-corrected chi connectivity index (χ4v) is 4.81. The molecule has 0 aromatic carbocycles. The highest BCUT2D eigenvalue weighted by molar-refractivity contribution is 5.08. The van der Waals surface area contributed by atoms with Crippen molar-refractivity contribution < 1.29 is 4.42 Å². The molecule has 4 nitrogen and oxygen atoms in total. The molecule has 0 spiro atoms. The second-order valence-corrected chi connectivity index (χ2v) is 6.19. The van der Waals surface area contributed by atoms with E-state index < -0.39 is 0 Å². The van der Waals surface area contributed by atoms with Gasteiger partial charge in [-0.25, -0.2) is 0 Å². The Morgan fingerprint density at radius 1 is 1.00 bits per heavy atom. The lowest BCUT2D eigenvalue weighted by atomic mass is 9.52. The second kappa shape index (κ2) is 3.55. The fourth-order valence-electron chi connectivity index (χ4n) is 4.81. The zero-order chi connectivity index (χ0) is 11.4. The third kappa shape index (κ3) is 1.46. The molecule has 1 aromatic rings. The largest absolute Gasteiger partial charge is 0.424 e. The molecule has 4 fully saturated rings. The average molecular weight is 233 g/mol. The number of hydrogen-bond donors (Lipinski definition) is 1. The standard InChI is InChI=1S/C13H19N3O/c14-6-11-15-16-13(17-11)12-9-2-7-1-8(4-9)5-10(12)3-7/h7-10,12H,1-6,14H2. The van der Waals surface area contributed by atoms with Crippen molar-refractivity contribution in [2.45, 2.75) is 44.6 Å². The first-order valence-electron chi connectivity index (χ1n) is 6.86. The maximum Gasteiger partial charge on any atom is 0.230 e. The zero-order valence-electron chi connectivity index (χ0n) is 10.0. The molecule has 0 unspecified atom stereocenters. The molecule has 0 amide bonds. The van der Waals surface area contributed by atoms with Gasteiger partial charge in [0, 0.05) is 5.92 Å². The monoisotopic (exact) mass is 233 g/mol. The summed E-state index contributed by atoms with van der Waals surface area (Å²) in [6, 6.07) is 0. The van der Waals surface area contributed by atoms with E-state index in [0.29, 0.717) is 18.4 Å². The van der Waals surface area contributed by atoms with Gasteiger partial charge in [0.25, 0.3) is 0 Å². The number of nitrogens with zero attached hydrogens (tertiary/aromatic N) is 2. The van der Waals surface area contributed by atoms with E-state index in [1.165, 1.54) is 32.1 Å². The van der Waals surface area contributed by atoms with Crippen molar-refractivity contribution in [1.82, 2.24) is 10.2 Å². The van der Waals surface area contributed by atoms with Gasteiger partial charge in [-0.3, -0.25) is 0 Å². The summed E-state index contributed by atoms with van der Waals surface area (Å²) in [5.41, 5.74) is 5.54. The molecule has 1 aromatic heterocycles. The van der Waals surface area contributed by atoms with Gasteiger partial charge >= 0.3 is 0 Å². The summed E-state index contributed by atoms with van der Waals surface area (Å²) < 4.78 is 5.71. The van der Waals surface area contributed by atoms with Crippen molar-refractivity contribution in [1.29, 1.82) is 0 Å². The van der Waals surface area contributed by atoms with E-state index in [-0.39, 0.29) is 0 Å². The Labute approximate surface area is 101 Å². The minimum absolute atomic E-state index is 0.361. The van der Waals surface area contributed by atoms with Crippen LogP contribution in [0.2, 0.25) is 0 Å². The molecule has 0 atom stereocenters. The maximum absolute atomic E-state index is 5.71. The lowest BCUT2D eigenvalue weighted by molar-refractivity contribution is -0.0118. The Morgan fingerprint density at radius 2 is 1.65 bits per heavy atom. The van der Waals surface area contributed by atoms with Gasteiger partial charge in [0.2, 0.25) is 11.8 Å². The van der Waals surface area contributed by atoms with Crippen LogP contribution in [0.4, 0.5) is 0 Å². The molecule has 1 heterocycles. The van der Waals surface area contributed by atoms with E-state index in [2.05, 4.69) is 10.2 Å². The van der Waals surface area contributed by atoms with Crippen LogP contribution in [0, 0.1) is 23.7 Å². The van der Waals surface area contributed by atoms with E-state index in [1.54, 1.807) is 0 Å². The van der Waals surface area contributed by atoms with E-state index in [0.717, 1.165) is 29.6 Å². The second-order valence-electron chi connectivity index (χ2n) is 6.19. The highest BCUT2D eigenvalue weighted by Gasteiger charge is 2.50. The minimum Gasteiger partial charge on any atom is -0.424 e. The summed E-state index contributed by atoms with van der Waals surface area (Å²) in [7, 11) is 0. The number of aromatic nitrogens is 2. The number of rotatable bonds is 2. The predicted molar refractivity (Wildman–Crippen MR) is 62.0 cm³/mol. The van der Waals surface area contributed by atoms with E-state index in [4.69, 9.17) is 10.2 Å². The summed E-state index contributed by atoms with van der Waals surface area (Å²) >= 11 is 0. The summed E-state index contributed by atoms with van der Waals surface area (Å²) in [6.45, 7) is 0.361. The molecule has 4 bridgehead atoms. The summed E-state index contributed by atoms with van der Waals surface area (Å²) in [6.07, 6.45) is 7.03. The number of hydrogen-bond acceptors (Lipinski definition) is 4. The Balaban J connectivity index is 1.65. The predicted octanol–water partition coefficient (Wildman–Crippen LogP) is 2.07. The van der Waals surface area contributed by atoms with Crippen molar-refractivity contribution in [2.24, 2.45) is 29.4 Å². The van der Waals surface area contributed by atoms with Crippen molar-refractivity contribution in [3.63, 3.8) is 0 Å². The Bertz CT molecular complexity index is 400. The molecule has 4 heteroatoms. The van der Waals surface area contributed by atoms with Gasteiger partial charge in [-0.2, -0.15) is 0 Å². The van der Waals surface area contributed by atoms with Gasteiger partial charge in [0.15, 0.2) is 0 Å². The average Bonchev–Trinajstić information content (AvgIpc) is 2.76. The topological polar surface area (TPSA) is 64.9 Å². The molecule has 4 saturated carbocycles. The van der Waals surface area contributed by atoms with Gasteiger partial charge < -0.3 is 10.2 Å². The molecule has 92 valence electrons. The lowest BCUT2D eigenvalue weighted by Gasteiger charge is -2.53. The zero-order valence-corrected chi connectivity index (χ0v) is 10.0. The number of nitrogens with two attached hydrogens (primary N) is 1. The summed E-state index contributed by atoms with van der Waals surface area (Å²) in [5, 5.41) is 8.26. The third-order valence-corrected chi connectivity index (χ3v) is 5.17. The summed E-state index contributed by atoms with van der Waals surface area (Å²) in [5.74, 6) is 5.59. The van der Waals surface area contributed by atoms with Crippen LogP contribution in [0.1, 0.15) is 49.8 Å². The quantitative estimate of drug-likeness (QED) is 0.849. The maximum atomic E-state index is 5.71. The van der Waals surface area contributed by atoms with Crippen molar-refractivity contribution in [3.8, 4) is 0 Å². The first-order valence-corrected chi connectivity index (χ1v) is 6.86. The van der Waals surface area contributed by atoms with Crippen LogP contribution >= 0.6 is 0 Å². The van der Waals surface area contributed by atoms with Crippen LogP contribution in [-0.2, 0) is 6.54 Å². The molecule has 5 rings (SSSR count). The highest BCUT2D eigenvalue weighted by Crippen LogP contribution is 2.59. The van der Waals surface area contributed by atoms with Crippen LogP contribution in [0.5, 0.6) is 0 Å². The minimum atomic E-state index is 0.361. The molecule has 4 aliphatic rings. The molecule has 0 aliphatic heterocycles. The molecule has 2 N–H and O–H groups in total. The SMILES string of the molecule is NCc1nnc(C2C3CC4CC(C3)CC2C4)o1. The van der Waals surface area contributed by atoms with Crippen LogP contribution in [-0.4, -0.2) is 10.2 Å². The van der Waals surface area contributed by atoms with E-state index in [1.807, 2.05) is 0 Å². The molecule has 0 saturated heterocycles. The van der Waals surface area contributed by atoms with Crippen LogP contribution in [0.3, 0.4) is 0 Å². The van der Waals surface area contributed by atoms with Crippen molar-refractivity contribution in [3.05, 3.63) is 11.8 Å². The highest BCUT2D eigenvalue weighted by atomic mass is 16.4. The molecular formula is C13H19N3O. The summed E-state index contributed by atoms with van der Waals surface area (Å²) in [4.78, 5) is 0. The van der Waals surface area contributed by atoms with Crippen LogP contribution < -0.4 is 5.73 Å². The van der Waals surface area contributed by atoms with Gasteiger partial charge in [-0.15, -0.1) is 10.2 Å². The van der Waals surface area contributed by atoms with E-state index in [9.17, 15) is 0 Å². The van der Waals surface area contributed by atoms with Crippen molar-refractivity contribution in [2.75, 3.05) is 0 Å². The van der Waals surface area contributed by atoms with Gasteiger partial charge in [-0.1, -0.05) is 0 Å². The lowest BCUT2D eigenvalue weighted by Crippen LogP contribution is -2.43. The molecule has 0 radical (unpaired) electrons. The molecule has 17 heavy (non-hydrogen) atoms. The van der Waals surface area contributed by atoms with Crippen LogP contribution in [0.25, 0.3) is 0 Å². The van der Waals surface area contributed by atoms with Crippen molar-refractivity contribution >= 4 is 0 Å².